The van der Waals surface area contributed by atoms with Crippen LogP contribution in [0.2, 0.25) is 0 Å². The van der Waals surface area contributed by atoms with Crippen LogP contribution in [0.3, 0.4) is 0 Å². The number of Topliss-reactive ketones (excluding diaryl/α,β-unsaturated/α-hetero) is 1. The fourth-order valence-corrected chi connectivity index (χ4v) is 8.19. The first kappa shape index (κ1) is 27.4. The SMILES string of the molecule is C/C=C1/CN(S(=O)(=O)c2ccccc2[N+](=O)[O-])CC[C@@H]1C(=O)c1cc2ccccc2n1S(=O)(=O)c1ccccc1. The van der Waals surface area contributed by atoms with E-state index >= 15 is 0 Å². The van der Waals surface area contributed by atoms with Crippen LogP contribution in [0.1, 0.15) is 23.8 Å². The highest BCUT2D eigenvalue weighted by Gasteiger charge is 2.39. The van der Waals surface area contributed by atoms with Gasteiger partial charge in [0.2, 0.25) is 10.0 Å². The standard InChI is InChI=1S/C28H25N3O7S2/c1-2-20-19-29(40(37,38)27-15-9-8-14-25(27)31(33)34)17-16-23(20)28(32)26-18-21-10-6-7-13-24(21)30(26)39(35,36)22-11-4-3-5-12-22/h2-15,18,23H,16-17,19H2,1H3/b20-2-/t23-/m0/s1. The van der Waals surface area contributed by atoms with Crippen molar-refractivity contribution < 1.29 is 26.6 Å². The molecular weight excluding hydrogens is 554 g/mol. The smallest absolute Gasteiger partial charge is 0.289 e. The van der Waals surface area contributed by atoms with Crippen molar-refractivity contribution in [2.75, 3.05) is 13.1 Å². The van der Waals surface area contributed by atoms with Gasteiger partial charge in [0.1, 0.15) is 5.69 Å². The minimum Gasteiger partial charge on any atom is -0.292 e. The summed E-state index contributed by atoms with van der Waals surface area (Å²) in [5, 5.41) is 12.0. The molecule has 1 aliphatic rings. The lowest BCUT2D eigenvalue weighted by atomic mass is 9.87. The van der Waals surface area contributed by atoms with E-state index in [1.165, 1.54) is 30.3 Å². The normalized spacial score (nSPS) is 17.7. The van der Waals surface area contributed by atoms with Crippen LogP contribution in [0.5, 0.6) is 0 Å². The van der Waals surface area contributed by atoms with Gasteiger partial charge in [-0.2, -0.15) is 4.31 Å². The second-order valence-corrected chi connectivity index (χ2v) is 13.0. The third-order valence-corrected chi connectivity index (χ3v) is 10.7. The number of carbonyl (C=O) groups is 1. The molecule has 0 unspecified atom stereocenters. The largest absolute Gasteiger partial charge is 0.292 e. The number of piperidine rings is 1. The zero-order valence-electron chi connectivity index (χ0n) is 21.4. The molecule has 1 saturated heterocycles. The molecule has 2 heterocycles. The maximum Gasteiger partial charge on any atom is 0.289 e. The predicted molar refractivity (Wildman–Crippen MR) is 149 cm³/mol. The summed E-state index contributed by atoms with van der Waals surface area (Å²) >= 11 is 0. The van der Waals surface area contributed by atoms with Gasteiger partial charge >= 0.3 is 0 Å². The van der Waals surface area contributed by atoms with Crippen LogP contribution < -0.4 is 0 Å². The number of fused-ring (bicyclic) bond motifs is 1. The number of ketones is 1. The highest BCUT2D eigenvalue weighted by molar-refractivity contribution is 7.90. The number of hydrogen-bond donors (Lipinski definition) is 0. The van der Waals surface area contributed by atoms with Gasteiger partial charge in [-0.05, 0) is 49.2 Å². The van der Waals surface area contributed by atoms with Crippen LogP contribution >= 0.6 is 0 Å². The molecule has 1 fully saturated rings. The van der Waals surface area contributed by atoms with E-state index in [0.29, 0.717) is 16.5 Å². The molecule has 10 nitrogen and oxygen atoms in total. The van der Waals surface area contributed by atoms with Gasteiger partial charge in [0.15, 0.2) is 10.7 Å². The number of sulfonamides is 1. The van der Waals surface area contributed by atoms with Crippen molar-refractivity contribution in [2.24, 2.45) is 5.92 Å². The van der Waals surface area contributed by atoms with E-state index in [1.807, 2.05) is 0 Å². The van der Waals surface area contributed by atoms with Gasteiger partial charge in [0, 0.05) is 30.5 Å². The fourth-order valence-electron chi connectivity index (χ4n) is 5.05. The Kier molecular flexibility index (Phi) is 7.17. The van der Waals surface area contributed by atoms with E-state index in [1.54, 1.807) is 61.5 Å². The van der Waals surface area contributed by atoms with Gasteiger partial charge in [-0.15, -0.1) is 0 Å². The number of benzene rings is 3. The second-order valence-electron chi connectivity index (χ2n) is 9.30. The number of para-hydroxylation sites is 2. The molecule has 12 heteroatoms. The molecule has 0 amide bonds. The average Bonchev–Trinajstić information content (AvgIpc) is 3.37. The van der Waals surface area contributed by atoms with E-state index in [4.69, 9.17) is 0 Å². The van der Waals surface area contributed by atoms with Gasteiger partial charge in [0.05, 0.1) is 15.3 Å². The maximum absolute atomic E-state index is 14.0. The highest BCUT2D eigenvalue weighted by Crippen LogP contribution is 2.35. The third kappa shape index (κ3) is 4.63. The van der Waals surface area contributed by atoms with Gasteiger partial charge in [-0.3, -0.25) is 14.9 Å². The molecule has 5 rings (SSSR count). The van der Waals surface area contributed by atoms with Gasteiger partial charge in [-0.1, -0.05) is 54.6 Å². The number of hydrogen-bond acceptors (Lipinski definition) is 7. The Bertz CT molecular complexity index is 1880. The van der Waals surface area contributed by atoms with Crippen molar-refractivity contribution in [3.05, 3.63) is 112 Å². The zero-order valence-corrected chi connectivity index (χ0v) is 23.0. The molecule has 1 aromatic heterocycles. The Balaban J connectivity index is 1.53. The van der Waals surface area contributed by atoms with Crippen LogP contribution in [0.15, 0.2) is 106 Å². The molecule has 0 bridgehead atoms. The minimum absolute atomic E-state index is 0.0237. The molecule has 40 heavy (non-hydrogen) atoms. The molecule has 1 atom stereocenters. The maximum atomic E-state index is 14.0. The van der Waals surface area contributed by atoms with Crippen molar-refractivity contribution in [2.45, 2.75) is 23.1 Å². The highest BCUT2D eigenvalue weighted by atomic mass is 32.2. The Hall–Kier alpha value is -4.13. The lowest BCUT2D eigenvalue weighted by Gasteiger charge is -2.33. The van der Waals surface area contributed by atoms with Crippen molar-refractivity contribution >= 4 is 42.4 Å². The van der Waals surface area contributed by atoms with E-state index in [9.17, 15) is 31.7 Å². The Morgan fingerprint density at radius 1 is 0.925 bits per heavy atom. The monoisotopic (exact) mass is 579 g/mol. The number of nitro groups is 1. The Morgan fingerprint density at radius 3 is 2.27 bits per heavy atom. The molecule has 0 N–H and O–H groups in total. The molecule has 0 aliphatic carbocycles. The third-order valence-electron chi connectivity index (χ3n) is 7.04. The zero-order chi connectivity index (χ0) is 28.7. The number of carbonyl (C=O) groups excluding carboxylic acids is 1. The summed E-state index contributed by atoms with van der Waals surface area (Å²) in [6.07, 6.45) is 1.72. The second kappa shape index (κ2) is 10.5. The first-order chi connectivity index (χ1) is 19.1. The summed E-state index contributed by atoms with van der Waals surface area (Å²) in [6, 6.07) is 21.3. The molecule has 0 radical (unpaired) electrons. The topological polar surface area (TPSA) is 137 Å². The summed E-state index contributed by atoms with van der Waals surface area (Å²) < 4.78 is 56.5. The first-order valence-corrected chi connectivity index (χ1v) is 15.3. The summed E-state index contributed by atoms with van der Waals surface area (Å²) in [7, 11) is -8.38. The molecular formula is C28H25N3O7S2. The van der Waals surface area contributed by atoms with E-state index in [0.717, 1.165) is 14.3 Å². The van der Waals surface area contributed by atoms with Crippen LogP contribution in [0, 0.1) is 16.0 Å². The Morgan fingerprint density at radius 2 is 1.57 bits per heavy atom. The number of allylic oxidation sites excluding steroid dienone is 1. The van der Waals surface area contributed by atoms with Gasteiger partial charge in [-0.25, -0.2) is 20.8 Å². The summed E-state index contributed by atoms with van der Waals surface area (Å²) in [6.45, 7) is 1.44. The number of nitrogens with zero attached hydrogens (tertiary/aromatic N) is 3. The van der Waals surface area contributed by atoms with Crippen molar-refractivity contribution in [1.82, 2.24) is 8.28 Å². The van der Waals surface area contributed by atoms with Gasteiger partial charge < -0.3 is 0 Å². The average molecular weight is 580 g/mol. The van der Waals surface area contributed by atoms with Crippen LogP contribution in [0.25, 0.3) is 10.9 Å². The van der Waals surface area contributed by atoms with Crippen molar-refractivity contribution in [3.8, 4) is 0 Å². The number of nitro benzene ring substituents is 1. The summed E-state index contributed by atoms with van der Waals surface area (Å²) in [4.78, 5) is 24.4. The number of rotatable bonds is 7. The van der Waals surface area contributed by atoms with Crippen molar-refractivity contribution in [1.29, 1.82) is 0 Å². The summed E-state index contributed by atoms with van der Waals surface area (Å²) in [5.41, 5.74) is 0.281. The lowest BCUT2D eigenvalue weighted by Crippen LogP contribution is -2.42. The molecule has 0 spiro atoms. The minimum atomic E-state index is -4.24. The lowest BCUT2D eigenvalue weighted by molar-refractivity contribution is -0.387. The molecule has 206 valence electrons. The Labute approximate surface area is 231 Å². The van der Waals surface area contributed by atoms with Crippen molar-refractivity contribution in [3.63, 3.8) is 0 Å². The van der Waals surface area contributed by atoms with Crippen LogP contribution in [-0.2, 0) is 20.0 Å². The number of aromatic nitrogens is 1. The van der Waals surface area contributed by atoms with Gasteiger partial charge in [0.25, 0.3) is 15.7 Å². The molecule has 3 aromatic carbocycles. The quantitative estimate of drug-likeness (QED) is 0.135. The van der Waals surface area contributed by atoms with Crippen LogP contribution in [-0.4, -0.2) is 48.9 Å². The fraction of sp³-hybridized carbons (Fsp3) is 0.179. The van der Waals surface area contributed by atoms with E-state index in [2.05, 4.69) is 0 Å². The van der Waals surface area contributed by atoms with E-state index < -0.39 is 47.3 Å². The molecule has 1 aliphatic heterocycles. The van der Waals surface area contributed by atoms with E-state index in [-0.39, 0.29) is 30.1 Å². The molecule has 0 saturated carbocycles. The summed E-state index contributed by atoms with van der Waals surface area (Å²) in [5.74, 6) is -1.23. The van der Waals surface area contributed by atoms with Crippen LogP contribution in [0.4, 0.5) is 5.69 Å². The molecule has 4 aromatic rings. The first-order valence-electron chi connectivity index (χ1n) is 12.4. The predicted octanol–water partition coefficient (Wildman–Crippen LogP) is 4.63.